The van der Waals surface area contributed by atoms with Crippen LogP contribution < -0.4 is 15.5 Å². The number of anilines is 2. The molecule has 0 spiro atoms. The molecule has 0 aliphatic carbocycles. The molecule has 0 bridgehead atoms. The Morgan fingerprint density at radius 1 is 1.07 bits per heavy atom. The number of carbonyl (C=O) groups is 3. The van der Waals surface area contributed by atoms with Gasteiger partial charge < -0.3 is 15.5 Å². The fraction of sp³-hybridized carbons (Fsp3) is 0.286. The van der Waals surface area contributed by atoms with Crippen molar-refractivity contribution in [3.8, 4) is 0 Å². The van der Waals surface area contributed by atoms with Crippen LogP contribution in [0.4, 0.5) is 11.4 Å². The third-order valence-corrected chi connectivity index (χ3v) is 4.51. The van der Waals surface area contributed by atoms with Crippen molar-refractivity contribution in [3.05, 3.63) is 60.2 Å². The van der Waals surface area contributed by atoms with Crippen LogP contribution in [0.2, 0.25) is 0 Å². The van der Waals surface area contributed by atoms with Gasteiger partial charge in [0, 0.05) is 31.3 Å². The molecule has 1 fully saturated rings. The third kappa shape index (κ3) is 4.94. The molecule has 0 aromatic heterocycles. The van der Waals surface area contributed by atoms with Crippen molar-refractivity contribution < 1.29 is 14.4 Å². The Kier molecular flexibility index (Phi) is 5.86. The Bertz CT molecular complexity index is 818. The largest absolute Gasteiger partial charge is 0.349 e. The van der Waals surface area contributed by atoms with Gasteiger partial charge in [-0.2, -0.15) is 0 Å². The van der Waals surface area contributed by atoms with E-state index in [0.29, 0.717) is 12.1 Å². The van der Waals surface area contributed by atoms with Gasteiger partial charge in [-0.25, -0.2) is 0 Å². The number of benzene rings is 2. The van der Waals surface area contributed by atoms with Crippen LogP contribution in [-0.2, 0) is 14.4 Å². The lowest BCUT2D eigenvalue weighted by molar-refractivity contribution is -0.120. The molecule has 1 saturated heterocycles. The first-order chi connectivity index (χ1) is 13.0. The van der Waals surface area contributed by atoms with Crippen LogP contribution in [0.25, 0.3) is 0 Å². The van der Waals surface area contributed by atoms with E-state index in [1.54, 1.807) is 17.0 Å². The summed E-state index contributed by atoms with van der Waals surface area (Å²) in [5.74, 6) is -0.244. The van der Waals surface area contributed by atoms with Gasteiger partial charge in [-0.3, -0.25) is 14.4 Å². The molecule has 1 atom stereocenters. The summed E-state index contributed by atoms with van der Waals surface area (Å²) < 4.78 is 0. The van der Waals surface area contributed by atoms with E-state index in [4.69, 9.17) is 0 Å². The monoisotopic (exact) mass is 365 g/mol. The summed E-state index contributed by atoms with van der Waals surface area (Å²) in [4.78, 5) is 37.5. The van der Waals surface area contributed by atoms with Crippen molar-refractivity contribution in [1.82, 2.24) is 5.32 Å². The van der Waals surface area contributed by atoms with Crippen molar-refractivity contribution in [2.45, 2.75) is 32.2 Å². The fourth-order valence-corrected chi connectivity index (χ4v) is 3.23. The summed E-state index contributed by atoms with van der Waals surface area (Å²) in [6.45, 7) is 2.17. The number of carbonyl (C=O) groups excluding carboxylic acids is 3. The number of nitrogens with zero attached hydrogens (tertiary/aromatic N) is 1. The normalized spacial score (nSPS) is 14.7. The molecular weight excluding hydrogens is 342 g/mol. The number of amides is 3. The third-order valence-electron chi connectivity index (χ3n) is 4.51. The molecule has 3 rings (SSSR count). The highest BCUT2D eigenvalue weighted by atomic mass is 16.2. The lowest BCUT2D eigenvalue weighted by Gasteiger charge is -2.19. The first-order valence-corrected chi connectivity index (χ1v) is 9.05. The van der Waals surface area contributed by atoms with Crippen LogP contribution in [-0.4, -0.2) is 24.3 Å². The fourth-order valence-electron chi connectivity index (χ4n) is 3.23. The lowest BCUT2D eigenvalue weighted by Crippen LogP contribution is -2.29. The Labute approximate surface area is 158 Å². The topological polar surface area (TPSA) is 78.5 Å². The van der Waals surface area contributed by atoms with E-state index in [-0.39, 0.29) is 30.2 Å². The first kappa shape index (κ1) is 18.6. The molecule has 140 valence electrons. The van der Waals surface area contributed by atoms with E-state index in [1.165, 1.54) is 6.92 Å². The van der Waals surface area contributed by atoms with Crippen molar-refractivity contribution in [3.63, 3.8) is 0 Å². The van der Waals surface area contributed by atoms with Gasteiger partial charge in [-0.15, -0.1) is 0 Å². The second kappa shape index (κ2) is 8.49. The predicted molar refractivity (Wildman–Crippen MR) is 104 cm³/mol. The maximum atomic E-state index is 12.4. The van der Waals surface area contributed by atoms with E-state index < -0.39 is 0 Å². The number of hydrogen-bond donors (Lipinski definition) is 2. The van der Waals surface area contributed by atoms with Crippen LogP contribution in [0.1, 0.15) is 37.8 Å². The molecule has 0 saturated carbocycles. The van der Waals surface area contributed by atoms with Crippen LogP contribution in [0.15, 0.2) is 54.6 Å². The van der Waals surface area contributed by atoms with E-state index in [2.05, 4.69) is 10.6 Å². The highest BCUT2D eigenvalue weighted by Gasteiger charge is 2.21. The summed E-state index contributed by atoms with van der Waals surface area (Å²) in [7, 11) is 0. The Morgan fingerprint density at radius 2 is 1.78 bits per heavy atom. The van der Waals surface area contributed by atoms with Crippen LogP contribution >= 0.6 is 0 Å². The maximum Gasteiger partial charge on any atom is 0.227 e. The zero-order valence-electron chi connectivity index (χ0n) is 15.3. The van der Waals surface area contributed by atoms with Gasteiger partial charge in [0.05, 0.1) is 12.5 Å². The Hall–Kier alpha value is -3.15. The van der Waals surface area contributed by atoms with Gasteiger partial charge in [0.2, 0.25) is 17.7 Å². The number of nitrogens with one attached hydrogen (secondary N) is 2. The molecule has 27 heavy (non-hydrogen) atoms. The average molecular weight is 365 g/mol. The summed E-state index contributed by atoms with van der Waals surface area (Å²) >= 11 is 0. The van der Waals surface area contributed by atoms with Gasteiger partial charge in [-0.1, -0.05) is 30.3 Å². The van der Waals surface area contributed by atoms with Gasteiger partial charge in [0.25, 0.3) is 0 Å². The van der Waals surface area contributed by atoms with Gasteiger partial charge in [0.1, 0.15) is 0 Å². The summed E-state index contributed by atoms with van der Waals surface area (Å²) in [6.07, 6.45) is 1.60. The van der Waals surface area contributed by atoms with E-state index in [0.717, 1.165) is 24.2 Å². The quantitative estimate of drug-likeness (QED) is 0.826. The minimum Gasteiger partial charge on any atom is -0.349 e. The van der Waals surface area contributed by atoms with E-state index in [9.17, 15) is 14.4 Å². The summed E-state index contributed by atoms with van der Waals surface area (Å²) in [5, 5.41) is 5.67. The second-order valence-corrected chi connectivity index (χ2v) is 6.61. The minimum absolute atomic E-state index is 0.132. The predicted octanol–water partition coefficient (Wildman–Crippen LogP) is 3.02. The molecule has 2 N–H and O–H groups in total. The maximum absolute atomic E-state index is 12.4. The smallest absolute Gasteiger partial charge is 0.227 e. The summed E-state index contributed by atoms with van der Waals surface area (Å²) in [6, 6.07) is 16.3. The zero-order chi connectivity index (χ0) is 19.2. The highest BCUT2D eigenvalue weighted by molar-refractivity contribution is 5.96. The Balaban J connectivity index is 1.63. The molecule has 6 heteroatoms. The molecule has 0 radical (unpaired) electrons. The standard InChI is InChI=1S/C21H23N3O3/c1-15(25)22-19(16-6-3-2-4-7-16)14-20(26)23-17-9-11-18(12-10-17)24-13-5-8-21(24)27/h2-4,6-7,9-12,19H,5,8,13-14H2,1H3,(H,22,25)(H,23,26)/t19-/m1/s1. The molecule has 6 nitrogen and oxygen atoms in total. The highest BCUT2D eigenvalue weighted by Crippen LogP contribution is 2.23. The molecule has 2 aromatic carbocycles. The van der Waals surface area contributed by atoms with Crippen molar-refractivity contribution >= 4 is 29.1 Å². The van der Waals surface area contributed by atoms with Crippen molar-refractivity contribution in [2.24, 2.45) is 0 Å². The summed E-state index contributed by atoms with van der Waals surface area (Å²) in [5.41, 5.74) is 2.38. The van der Waals surface area contributed by atoms with Crippen molar-refractivity contribution in [1.29, 1.82) is 0 Å². The molecule has 2 aromatic rings. The zero-order valence-corrected chi connectivity index (χ0v) is 15.3. The van der Waals surface area contributed by atoms with E-state index >= 15 is 0 Å². The average Bonchev–Trinajstić information content (AvgIpc) is 3.08. The SMILES string of the molecule is CC(=O)N[C@H](CC(=O)Nc1ccc(N2CCCC2=O)cc1)c1ccccc1. The van der Waals surface area contributed by atoms with Crippen LogP contribution in [0, 0.1) is 0 Å². The van der Waals surface area contributed by atoms with Crippen LogP contribution in [0.5, 0.6) is 0 Å². The molecule has 1 aliphatic heterocycles. The molecule has 1 aliphatic rings. The molecule has 1 heterocycles. The minimum atomic E-state index is -0.384. The Morgan fingerprint density at radius 3 is 2.37 bits per heavy atom. The van der Waals surface area contributed by atoms with Gasteiger partial charge in [-0.05, 0) is 36.2 Å². The molecule has 3 amide bonds. The van der Waals surface area contributed by atoms with E-state index in [1.807, 2.05) is 42.5 Å². The lowest BCUT2D eigenvalue weighted by atomic mass is 10.0. The van der Waals surface area contributed by atoms with Crippen LogP contribution in [0.3, 0.4) is 0 Å². The van der Waals surface area contributed by atoms with Gasteiger partial charge in [0.15, 0.2) is 0 Å². The number of hydrogen-bond acceptors (Lipinski definition) is 3. The number of rotatable bonds is 6. The second-order valence-electron chi connectivity index (χ2n) is 6.61. The van der Waals surface area contributed by atoms with Crippen molar-refractivity contribution in [2.75, 3.05) is 16.8 Å². The van der Waals surface area contributed by atoms with Gasteiger partial charge >= 0.3 is 0 Å². The first-order valence-electron chi connectivity index (χ1n) is 9.05. The molecule has 0 unspecified atom stereocenters. The molecular formula is C21H23N3O3.